The van der Waals surface area contributed by atoms with Gasteiger partial charge in [0.15, 0.2) is 0 Å². The molecule has 1 N–H and O–H groups in total. The van der Waals surface area contributed by atoms with E-state index in [9.17, 15) is 10.1 Å². The molecule has 25 heavy (non-hydrogen) atoms. The smallest absolute Gasteiger partial charge is 0.225 e. The maximum atomic E-state index is 12.1. The number of rotatable bonds is 8. The largest absolute Gasteiger partial charge is 0.497 e. The van der Waals surface area contributed by atoms with E-state index in [1.165, 1.54) is 11.8 Å². The van der Waals surface area contributed by atoms with Crippen molar-refractivity contribution < 1.29 is 9.53 Å². The van der Waals surface area contributed by atoms with Gasteiger partial charge in [0, 0.05) is 29.6 Å². The third kappa shape index (κ3) is 5.80. The molecular formula is C19H21N3O2S. The molecule has 0 fully saturated rings. The molecule has 0 saturated heterocycles. The molecular weight excluding hydrogens is 334 g/mol. The highest BCUT2D eigenvalue weighted by Gasteiger charge is 2.09. The number of nitrogens with one attached hydrogen (secondary N) is 1. The summed E-state index contributed by atoms with van der Waals surface area (Å²) in [6, 6.07) is 13.1. The predicted octanol–water partition coefficient (Wildman–Crippen LogP) is 4.04. The number of hydrogen-bond donors (Lipinski definition) is 1. The molecule has 6 heteroatoms. The fourth-order valence-corrected chi connectivity index (χ4v) is 3.17. The van der Waals surface area contributed by atoms with Crippen LogP contribution >= 0.6 is 11.8 Å². The normalized spacial score (nSPS) is 10.1. The molecule has 0 unspecified atom stereocenters. The molecule has 1 amide bonds. The number of pyridine rings is 1. The van der Waals surface area contributed by atoms with E-state index in [0.29, 0.717) is 34.2 Å². The van der Waals surface area contributed by atoms with Gasteiger partial charge < -0.3 is 10.1 Å². The summed E-state index contributed by atoms with van der Waals surface area (Å²) in [5.74, 6) is 1.18. The summed E-state index contributed by atoms with van der Waals surface area (Å²) in [5.41, 5.74) is 2.23. The fraction of sp³-hybridized carbons (Fsp3) is 0.316. The lowest BCUT2D eigenvalue weighted by atomic mass is 10.2. The van der Waals surface area contributed by atoms with Crippen molar-refractivity contribution in [3.63, 3.8) is 0 Å². The van der Waals surface area contributed by atoms with E-state index in [1.54, 1.807) is 19.2 Å². The molecule has 0 bridgehead atoms. The van der Waals surface area contributed by atoms with E-state index in [2.05, 4.69) is 23.3 Å². The summed E-state index contributed by atoms with van der Waals surface area (Å²) in [5, 5.41) is 12.7. The lowest BCUT2D eigenvalue weighted by molar-refractivity contribution is -0.115. The van der Waals surface area contributed by atoms with Gasteiger partial charge in [-0.25, -0.2) is 4.98 Å². The molecule has 2 rings (SSSR count). The molecule has 0 radical (unpaired) electrons. The molecule has 0 saturated carbocycles. The number of methoxy groups -OCH3 is 1. The Balaban J connectivity index is 1.90. The molecule has 5 nitrogen and oxygen atoms in total. The lowest BCUT2D eigenvalue weighted by Crippen LogP contribution is -2.12. The van der Waals surface area contributed by atoms with Gasteiger partial charge in [-0.2, -0.15) is 5.26 Å². The number of ether oxygens (including phenoxy) is 1. The Morgan fingerprint density at radius 1 is 1.36 bits per heavy atom. The second-order valence-corrected chi connectivity index (χ2v) is 6.48. The Labute approximate surface area is 152 Å². The molecule has 1 aromatic heterocycles. The number of hydrogen-bond acceptors (Lipinski definition) is 5. The zero-order chi connectivity index (χ0) is 18.1. The van der Waals surface area contributed by atoms with Crippen LogP contribution in [0.4, 0.5) is 5.69 Å². The van der Waals surface area contributed by atoms with Crippen LogP contribution in [0, 0.1) is 11.3 Å². The molecule has 0 aliphatic carbocycles. The summed E-state index contributed by atoms with van der Waals surface area (Å²) in [7, 11) is 1.59. The molecule has 0 aliphatic rings. The summed E-state index contributed by atoms with van der Waals surface area (Å²) in [6.07, 6.45) is 2.23. The summed E-state index contributed by atoms with van der Waals surface area (Å²) >= 11 is 1.44. The number of aromatic nitrogens is 1. The standard InChI is InChI=1S/C19H21N3O2S/c1-3-5-15-9-8-14(13-20)19(22-15)25-11-10-18(23)21-16-6-4-7-17(12-16)24-2/h4,6-9,12H,3,5,10-11H2,1-2H3,(H,21,23). The first-order valence-corrected chi connectivity index (χ1v) is 9.11. The Kier molecular flexibility index (Phi) is 7.30. The van der Waals surface area contributed by atoms with E-state index < -0.39 is 0 Å². The van der Waals surface area contributed by atoms with Gasteiger partial charge in [0.25, 0.3) is 0 Å². The first-order valence-electron chi connectivity index (χ1n) is 8.13. The number of aryl methyl sites for hydroxylation is 1. The second kappa shape index (κ2) is 9.70. The number of amides is 1. The van der Waals surface area contributed by atoms with Gasteiger partial charge in [-0.1, -0.05) is 19.4 Å². The van der Waals surface area contributed by atoms with Crippen LogP contribution in [0.1, 0.15) is 31.0 Å². The van der Waals surface area contributed by atoms with Crippen LogP contribution in [0.2, 0.25) is 0 Å². The average Bonchev–Trinajstić information content (AvgIpc) is 2.62. The summed E-state index contributed by atoms with van der Waals surface area (Å²) in [6.45, 7) is 2.09. The van der Waals surface area contributed by atoms with Crippen LogP contribution in [0.5, 0.6) is 5.75 Å². The Hall–Kier alpha value is -2.52. The quantitative estimate of drug-likeness (QED) is 0.724. The van der Waals surface area contributed by atoms with Gasteiger partial charge >= 0.3 is 0 Å². The number of nitrogens with zero attached hydrogens (tertiary/aromatic N) is 2. The van der Waals surface area contributed by atoms with Crippen molar-refractivity contribution in [2.75, 3.05) is 18.2 Å². The summed E-state index contributed by atoms with van der Waals surface area (Å²) in [4.78, 5) is 16.6. The minimum absolute atomic E-state index is 0.0797. The first kappa shape index (κ1) is 18.8. The van der Waals surface area contributed by atoms with E-state index >= 15 is 0 Å². The maximum absolute atomic E-state index is 12.1. The SMILES string of the molecule is CCCc1ccc(C#N)c(SCCC(=O)Nc2cccc(OC)c2)n1. The second-order valence-electron chi connectivity index (χ2n) is 5.40. The van der Waals surface area contributed by atoms with E-state index in [-0.39, 0.29) is 5.91 Å². The predicted molar refractivity (Wildman–Crippen MR) is 99.9 cm³/mol. The third-order valence-electron chi connectivity index (χ3n) is 3.47. The van der Waals surface area contributed by atoms with Crippen molar-refractivity contribution in [2.45, 2.75) is 31.2 Å². The Morgan fingerprint density at radius 2 is 2.20 bits per heavy atom. The van der Waals surface area contributed by atoms with Crippen LogP contribution in [0.3, 0.4) is 0 Å². The van der Waals surface area contributed by atoms with Crippen LogP contribution in [0.25, 0.3) is 0 Å². The van der Waals surface area contributed by atoms with Crippen molar-refractivity contribution in [1.29, 1.82) is 5.26 Å². The molecule has 0 spiro atoms. The molecule has 1 aromatic carbocycles. The highest BCUT2D eigenvalue weighted by molar-refractivity contribution is 7.99. The third-order valence-corrected chi connectivity index (χ3v) is 4.46. The fourth-order valence-electron chi connectivity index (χ4n) is 2.23. The molecule has 2 aromatic rings. The van der Waals surface area contributed by atoms with Crippen molar-refractivity contribution in [3.8, 4) is 11.8 Å². The number of nitriles is 1. The highest BCUT2D eigenvalue weighted by atomic mass is 32.2. The topological polar surface area (TPSA) is 75.0 Å². The molecule has 0 aliphatic heterocycles. The minimum atomic E-state index is -0.0797. The van der Waals surface area contributed by atoms with Crippen LogP contribution in [-0.4, -0.2) is 23.8 Å². The zero-order valence-corrected chi connectivity index (χ0v) is 15.2. The number of anilines is 1. The summed E-state index contributed by atoms with van der Waals surface area (Å²) < 4.78 is 5.14. The van der Waals surface area contributed by atoms with Crippen LogP contribution in [0.15, 0.2) is 41.4 Å². The van der Waals surface area contributed by atoms with Gasteiger partial charge in [0.2, 0.25) is 5.91 Å². The van der Waals surface area contributed by atoms with Crippen LogP contribution in [-0.2, 0) is 11.2 Å². The number of thioether (sulfide) groups is 1. The van der Waals surface area contributed by atoms with E-state index in [4.69, 9.17) is 4.74 Å². The van der Waals surface area contributed by atoms with Crippen molar-refractivity contribution >= 4 is 23.4 Å². The Morgan fingerprint density at radius 3 is 2.92 bits per heavy atom. The maximum Gasteiger partial charge on any atom is 0.225 e. The van der Waals surface area contributed by atoms with Gasteiger partial charge in [0.1, 0.15) is 16.8 Å². The molecule has 1 heterocycles. The van der Waals surface area contributed by atoms with Crippen molar-refractivity contribution in [1.82, 2.24) is 4.98 Å². The number of benzene rings is 1. The van der Waals surface area contributed by atoms with Crippen LogP contribution < -0.4 is 10.1 Å². The lowest BCUT2D eigenvalue weighted by Gasteiger charge is -2.08. The zero-order valence-electron chi connectivity index (χ0n) is 14.4. The van der Waals surface area contributed by atoms with Crippen molar-refractivity contribution in [3.05, 3.63) is 47.7 Å². The van der Waals surface area contributed by atoms with Gasteiger partial charge in [-0.15, -0.1) is 11.8 Å². The monoisotopic (exact) mass is 355 g/mol. The Bertz CT molecular complexity index is 772. The first-order chi connectivity index (χ1) is 12.2. The van der Waals surface area contributed by atoms with Gasteiger partial charge in [-0.3, -0.25) is 4.79 Å². The molecule has 130 valence electrons. The van der Waals surface area contributed by atoms with E-state index in [0.717, 1.165) is 18.5 Å². The van der Waals surface area contributed by atoms with E-state index in [1.807, 2.05) is 24.3 Å². The van der Waals surface area contributed by atoms with Crippen molar-refractivity contribution in [2.24, 2.45) is 0 Å². The number of carbonyl (C=O) groups excluding carboxylic acids is 1. The highest BCUT2D eigenvalue weighted by Crippen LogP contribution is 2.22. The number of carbonyl (C=O) groups is 1. The minimum Gasteiger partial charge on any atom is -0.497 e. The van der Waals surface area contributed by atoms with Gasteiger partial charge in [-0.05, 0) is 30.7 Å². The van der Waals surface area contributed by atoms with Gasteiger partial charge in [0.05, 0.1) is 12.7 Å². The molecule has 0 atom stereocenters. The average molecular weight is 355 g/mol.